The molecule has 0 aliphatic carbocycles. The summed E-state index contributed by atoms with van der Waals surface area (Å²) < 4.78 is 23.7. The molecule has 0 N–H and O–H groups in total. The van der Waals surface area contributed by atoms with Gasteiger partial charge in [0.05, 0.1) is 0 Å². The van der Waals surface area contributed by atoms with Crippen LogP contribution in [-0.4, -0.2) is 16.4 Å². The Labute approximate surface area is 140 Å². The van der Waals surface area contributed by atoms with Gasteiger partial charge >= 0.3 is 11.6 Å². The van der Waals surface area contributed by atoms with Gasteiger partial charge in [0.15, 0.2) is 0 Å². The SMILES string of the molecule is O=c1oc2ccccc2cc1-c1nnc(/N=C/c2cccc(F)c2)o1. The summed E-state index contributed by atoms with van der Waals surface area (Å²) in [4.78, 5) is 16.1. The second-order valence-electron chi connectivity index (χ2n) is 5.19. The third-order valence-corrected chi connectivity index (χ3v) is 3.46. The molecule has 0 radical (unpaired) electrons. The molecule has 0 saturated carbocycles. The summed E-state index contributed by atoms with van der Waals surface area (Å²) in [5.41, 5.74) is 0.589. The van der Waals surface area contributed by atoms with Crippen molar-refractivity contribution in [2.45, 2.75) is 0 Å². The molecule has 0 bridgehead atoms. The highest BCUT2D eigenvalue weighted by molar-refractivity contribution is 5.81. The Bertz CT molecular complexity index is 1150. The Morgan fingerprint density at radius 3 is 2.76 bits per heavy atom. The smallest absolute Gasteiger partial charge is 0.349 e. The number of rotatable bonds is 3. The molecule has 0 saturated heterocycles. The summed E-state index contributed by atoms with van der Waals surface area (Å²) in [6.07, 6.45) is 1.39. The Hall–Kier alpha value is -3.61. The average molecular weight is 335 g/mol. The van der Waals surface area contributed by atoms with Crippen molar-refractivity contribution in [3.05, 3.63) is 76.4 Å². The molecule has 0 atom stereocenters. The largest absolute Gasteiger partial charge is 0.422 e. The highest BCUT2D eigenvalue weighted by Gasteiger charge is 2.14. The van der Waals surface area contributed by atoms with Crippen molar-refractivity contribution < 1.29 is 13.2 Å². The van der Waals surface area contributed by atoms with Crippen LogP contribution in [0.15, 0.2) is 73.2 Å². The first-order chi connectivity index (χ1) is 12.2. The molecule has 4 rings (SSSR count). The van der Waals surface area contributed by atoms with E-state index in [1.807, 2.05) is 6.07 Å². The van der Waals surface area contributed by atoms with Gasteiger partial charge in [-0.05, 0) is 29.8 Å². The Morgan fingerprint density at radius 2 is 1.88 bits per heavy atom. The van der Waals surface area contributed by atoms with Crippen LogP contribution in [0.4, 0.5) is 10.4 Å². The molecule has 4 aromatic rings. The van der Waals surface area contributed by atoms with Gasteiger partial charge in [-0.2, -0.15) is 0 Å². The second-order valence-corrected chi connectivity index (χ2v) is 5.19. The van der Waals surface area contributed by atoms with Crippen LogP contribution in [0.2, 0.25) is 0 Å². The molecule has 7 heteroatoms. The molecular weight excluding hydrogens is 325 g/mol. The highest BCUT2D eigenvalue weighted by atomic mass is 19.1. The normalized spacial score (nSPS) is 11.4. The van der Waals surface area contributed by atoms with E-state index >= 15 is 0 Å². The molecule has 0 aliphatic heterocycles. The minimum absolute atomic E-state index is 0.00546. The van der Waals surface area contributed by atoms with Gasteiger partial charge in [0, 0.05) is 11.6 Å². The van der Waals surface area contributed by atoms with Gasteiger partial charge in [-0.15, -0.1) is 5.10 Å². The molecular formula is C18H10FN3O3. The van der Waals surface area contributed by atoms with E-state index in [0.29, 0.717) is 11.1 Å². The summed E-state index contributed by atoms with van der Waals surface area (Å²) in [5, 5.41) is 8.32. The minimum Gasteiger partial charge on any atom is -0.422 e. The zero-order chi connectivity index (χ0) is 17.2. The topological polar surface area (TPSA) is 81.5 Å². The zero-order valence-corrected chi connectivity index (χ0v) is 12.7. The number of halogens is 1. The molecule has 0 unspecified atom stereocenters. The summed E-state index contributed by atoms with van der Waals surface area (Å²) in [6, 6.07) is 14.6. The highest BCUT2D eigenvalue weighted by Crippen LogP contribution is 2.22. The Kier molecular flexibility index (Phi) is 3.66. The third kappa shape index (κ3) is 3.07. The summed E-state index contributed by atoms with van der Waals surface area (Å²) in [5.74, 6) is -0.366. The van der Waals surface area contributed by atoms with Crippen LogP contribution in [0, 0.1) is 5.82 Å². The van der Waals surface area contributed by atoms with Gasteiger partial charge in [-0.25, -0.2) is 14.2 Å². The molecule has 0 spiro atoms. The number of fused-ring (bicyclic) bond motifs is 1. The maximum absolute atomic E-state index is 13.1. The standard InChI is InChI=1S/C18H10FN3O3/c19-13-6-3-4-11(8-13)10-20-18-22-21-16(25-18)14-9-12-5-1-2-7-15(12)24-17(14)23/h1-10H/b20-10+. The van der Waals surface area contributed by atoms with Gasteiger partial charge < -0.3 is 8.83 Å². The van der Waals surface area contributed by atoms with Crippen molar-refractivity contribution in [2.24, 2.45) is 4.99 Å². The van der Waals surface area contributed by atoms with E-state index in [-0.39, 0.29) is 23.3 Å². The predicted octanol–water partition coefficient (Wildman–Crippen LogP) is 3.73. The van der Waals surface area contributed by atoms with E-state index in [4.69, 9.17) is 8.83 Å². The van der Waals surface area contributed by atoms with Crippen LogP contribution < -0.4 is 5.63 Å². The van der Waals surface area contributed by atoms with Crippen LogP contribution >= 0.6 is 0 Å². The minimum atomic E-state index is -0.581. The van der Waals surface area contributed by atoms with Crippen LogP contribution in [-0.2, 0) is 0 Å². The van der Waals surface area contributed by atoms with Gasteiger partial charge in [-0.3, -0.25) is 0 Å². The van der Waals surface area contributed by atoms with Crippen LogP contribution in [0.25, 0.3) is 22.4 Å². The molecule has 2 aromatic heterocycles. The molecule has 122 valence electrons. The molecule has 2 aromatic carbocycles. The van der Waals surface area contributed by atoms with Crippen molar-refractivity contribution in [1.29, 1.82) is 0 Å². The summed E-state index contributed by atoms with van der Waals surface area (Å²) >= 11 is 0. The number of hydrogen-bond donors (Lipinski definition) is 0. The van der Waals surface area contributed by atoms with E-state index in [0.717, 1.165) is 5.39 Å². The van der Waals surface area contributed by atoms with Gasteiger partial charge in [-0.1, -0.05) is 35.4 Å². The lowest BCUT2D eigenvalue weighted by Crippen LogP contribution is -2.02. The molecule has 0 amide bonds. The fraction of sp³-hybridized carbons (Fsp3) is 0. The molecule has 2 heterocycles. The zero-order valence-electron chi connectivity index (χ0n) is 12.7. The predicted molar refractivity (Wildman–Crippen MR) is 89.4 cm³/mol. The van der Waals surface area contributed by atoms with Crippen LogP contribution in [0.3, 0.4) is 0 Å². The fourth-order valence-electron chi connectivity index (χ4n) is 2.30. The summed E-state index contributed by atoms with van der Waals surface area (Å²) in [6.45, 7) is 0. The molecule has 25 heavy (non-hydrogen) atoms. The van der Waals surface area contributed by atoms with Gasteiger partial charge in [0.2, 0.25) is 0 Å². The molecule has 6 nitrogen and oxygen atoms in total. The fourth-order valence-corrected chi connectivity index (χ4v) is 2.30. The number of aromatic nitrogens is 2. The van der Waals surface area contributed by atoms with Crippen molar-refractivity contribution in [3.63, 3.8) is 0 Å². The second kappa shape index (κ2) is 6.12. The molecule has 0 aliphatic rings. The lowest BCUT2D eigenvalue weighted by Gasteiger charge is -1.97. The first-order valence-corrected chi connectivity index (χ1v) is 7.35. The quantitative estimate of drug-likeness (QED) is 0.421. The van der Waals surface area contributed by atoms with E-state index < -0.39 is 5.63 Å². The monoisotopic (exact) mass is 335 g/mol. The first-order valence-electron chi connectivity index (χ1n) is 7.35. The maximum Gasteiger partial charge on any atom is 0.349 e. The van der Waals surface area contributed by atoms with Crippen LogP contribution in [0.5, 0.6) is 0 Å². The van der Waals surface area contributed by atoms with Gasteiger partial charge in [0.25, 0.3) is 5.89 Å². The number of nitrogens with zero attached hydrogens (tertiary/aromatic N) is 3. The Morgan fingerprint density at radius 1 is 1.00 bits per heavy atom. The number of hydrogen-bond acceptors (Lipinski definition) is 6. The maximum atomic E-state index is 13.1. The van der Waals surface area contributed by atoms with Crippen LogP contribution in [0.1, 0.15) is 5.56 Å². The van der Waals surface area contributed by atoms with Crippen molar-refractivity contribution in [1.82, 2.24) is 10.2 Å². The van der Waals surface area contributed by atoms with E-state index in [2.05, 4.69) is 15.2 Å². The van der Waals surface area contributed by atoms with Crippen molar-refractivity contribution in [2.75, 3.05) is 0 Å². The molecule has 0 fully saturated rings. The lowest BCUT2D eigenvalue weighted by atomic mass is 10.2. The number of aliphatic imine (C=N–C) groups is 1. The van der Waals surface area contributed by atoms with E-state index in [1.54, 1.807) is 36.4 Å². The van der Waals surface area contributed by atoms with Gasteiger partial charge in [0.1, 0.15) is 17.0 Å². The van der Waals surface area contributed by atoms with Crippen molar-refractivity contribution in [3.8, 4) is 11.5 Å². The van der Waals surface area contributed by atoms with E-state index in [9.17, 15) is 9.18 Å². The third-order valence-electron chi connectivity index (χ3n) is 3.46. The average Bonchev–Trinajstić information content (AvgIpc) is 3.08. The Balaban J connectivity index is 1.67. The summed E-state index contributed by atoms with van der Waals surface area (Å²) in [7, 11) is 0. The lowest BCUT2D eigenvalue weighted by molar-refractivity contribution is 0.546. The number of benzene rings is 2. The first kappa shape index (κ1) is 14.9. The number of para-hydroxylation sites is 1. The van der Waals surface area contributed by atoms with Crippen molar-refractivity contribution >= 4 is 23.2 Å². The van der Waals surface area contributed by atoms with E-state index in [1.165, 1.54) is 18.3 Å².